The molecule has 1 aliphatic rings. The zero-order chi connectivity index (χ0) is 12.6. The Kier molecular flexibility index (Phi) is 2.73. The molecule has 18 heavy (non-hydrogen) atoms. The summed E-state index contributed by atoms with van der Waals surface area (Å²) in [6, 6.07) is 11.9. The number of fused-ring (bicyclic) bond motifs is 1. The van der Waals surface area contributed by atoms with Gasteiger partial charge in [0.2, 0.25) is 0 Å². The summed E-state index contributed by atoms with van der Waals surface area (Å²) in [5.74, 6) is 0.358. The smallest absolute Gasteiger partial charge is 0.119 e. The number of methoxy groups -OCH3 is 1. The van der Waals surface area contributed by atoms with Crippen molar-refractivity contribution in [2.24, 2.45) is 0 Å². The summed E-state index contributed by atoms with van der Waals surface area (Å²) in [4.78, 5) is 0. The van der Waals surface area contributed by atoms with Crippen LogP contribution in [0.4, 0.5) is 0 Å². The third-order valence-corrected chi connectivity index (χ3v) is 3.84. The number of ether oxygens (including phenoxy) is 1. The highest BCUT2D eigenvalue weighted by Gasteiger charge is 2.38. The normalized spacial score (nSPS) is 17.6. The summed E-state index contributed by atoms with van der Waals surface area (Å²) in [5, 5.41) is 15.6. The van der Waals surface area contributed by atoms with E-state index in [4.69, 9.17) is 4.74 Å². The highest BCUT2D eigenvalue weighted by atomic mass is 16.5. The Balaban J connectivity index is 2.07. The molecule has 0 atom stereocenters. The molecule has 1 heterocycles. The molecule has 0 aliphatic carbocycles. The summed E-state index contributed by atoms with van der Waals surface area (Å²) in [6.45, 7) is 1.68. The van der Waals surface area contributed by atoms with Gasteiger partial charge in [0.25, 0.3) is 0 Å². The number of hydrogen-bond acceptors (Lipinski definition) is 3. The Labute approximate surface area is 106 Å². The van der Waals surface area contributed by atoms with Gasteiger partial charge in [-0.2, -0.15) is 0 Å². The van der Waals surface area contributed by atoms with Crippen molar-refractivity contribution in [3.8, 4) is 5.75 Å². The van der Waals surface area contributed by atoms with Crippen molar-refractivity contribution < 1.29 is 9.84 Å². The van der Waals surface area contributed by atoms with E-state index in [-0.39, 0.29) is 5.60 Å². The molecule has 0 amide bonds. The third-order valence-electron chi connectivity index (χ3n) is 3.84. The maximum atomic E-state index is 10.1. The molecule has 0 saturated carbocycles. The Hall–Kier alpha value is -1.58. The van der Waals surface area contributed by atoms with Crippen LogP contribution in [0.25, 0.3) is 10.8 Å². The van der Waals surface area contributed by atoms with Gasteiger partial charge in [0.15, 0.2) is 0 Å². The van der Waals surface area contributed by atoms with Gasteiger partial charge in [0.1, 0.15) is 5.75 Å². The largest absolute Gasteiger partial charge is 0.508 e. The predicted octanol–water partition coefficient (Wildman–Crippen LogP) is 2.08. The van der Waals surface area contributed by atoms with E-state index in [1.165, 1.54) is 0 Å². The van der Waals surface area contributed by atoms with Crippen LogP contribution < -0.4 is 5.32 Å². The first-order valence-corrected chi connectivity index (χ1v) is 6.20. The Morgan fingerprint density at radius 3 is 2.67 bits per heavy atom. The first-order valence-electron chi connectivity index (χ1n) is 6.20. The van der Waals surface area contributed by atoms with E-state index in [9.17, 15) is 5.11 Å². The second-order valence-corrected chi connectivity index (χ2v) is 4.95. The molecule has 0 aromatic heterocycles. The van der Waals surface area contributed by atoms with E-state index in [1.54, 1.807) is 13.2 Å². The van der Waals surface area contributed by atoms with Gasteiger partial charge in [-0.3, -0.25) is 0 Å². The molecule has 0 radical (unpaired) electrons. The molecule has 1 saturated heterocycles. The monoisotopic (exact) mass is 243 g/mol. The van der Waals surface area contributed by atoms with Crippen molar-refractivity contribution in [3.63, 3.8) is 0 Å². The minimum atomic E-state index is -0.165. The number of nitrogens with one attached hydrogen (secondary N) is 1. The number of benzene rings is 2. The van der Waals surface area contributed by atoms with Crippen LogP contribution in [0.2, 0.25) is 0 Å². The van der Waals surface area contributed by atoms with Crippen molar-refractivity contribution in [1.82, 2.24) is 5.32 Å². The Bertz CT molecular complexity index is 570. The SMILES string of the molecule is COC1(Cc2c(O)ccc3ccccc23)CNC1. The fraction of sp³-hybridized carbons (Fsp3) is 0.333. The average molecular weight is 243 g/mol. The van der Waals surface area contributed by atoms with Crippen molar-refractivity contribution in [3.05, 3.63) is 42.0 Å². The Morgan fingerprint density at radius 2 is 2.00 bits per heavy atom. The van der Waals surface area contributed by atoms with E-state index < -0.39 is 0 Å². The minimum Gasteiger partial charge on any atom is -0.508 e. The van der Waals surface area contributed by atoms with Crippen LogP contribution >= 0.6 is 0 Å². The second kappa shape index (κ2) is 4.26. The number of rotatable bonds is 3. The fourth-order valence-corrected chi connectivity index (χ4v) is 2.58. The topological polar surface area (TPSA) is 41.5 Å². The lowest BCUT2D eigenvalue weighted by Gasteiger charge is -2.41. The summed E-state index contributed by atoms with van der Waals surface area (Å²) >= 11 is 0. The van der Waals surface area contributed by atoms with E-state index in [0.717, 1.165) is 35.8 Å². The van der Waals surface area contributed by atoms with Gasteiger partial charge in [-0.25, -0.2) is 0 Å². The van der Waals surface area contributed by atoms with Gasteiger partial charge in [0.05, 0.1) is 5.60 Å². The molecule has 2 N–H and O–H groups in total. The third kappa shape index (κ3) is 1.76. The van der Waals surface area contributed by atoms with E-state index in [2.05, 4.69) is 17.4 Å². The van der Waals surface area contributed by atoms with Crippen LogP contribution in [0.1, 0.15) is 5.56 Å². The second-order valence-electron chi connectivity index (χ2n) is 4.95. The van der Waals surface area contributed by atoms with Crippen LogP contribution in [-0.2, 0) is 11.2 Å². The molecule has 3 nitrogen and oxygen atoms in total. The Morgan fingerprint density at radius 1 is 1.22 bits per heavy atom. The first kappa shape index (κ1) is 11.5. The van der Waals surface area contributed by atoms with Gasteiger partial charge in [-0.1, -0.05) is 30.3 Å². The first-order chi connectivity index (χ1) is 8.74. The summed E-state index contributed by atoms with van der Waals surface area (Å²) in [6.07, 6.45) is 0.740. The van der Waals surface area contributed by atoms with Gasteiger partial charge >= 0.3 is 0 Å². The lowest BCUT2D eigenvalue weighted by Crippen LogP contribution is -2.61. The van der Waals surface area contributed by atoms with Crippen molar-refractivity contribution in [1.29, 1.82) is 0 Å². The predicted molar refractivity (Wildman–Crippen MR) is 71.9 cm³/mol. The van der Waals surface area contributed by atoms with Crippen molar-refractivity contribution in [2.75, 3.05) is 20.2 Å². The average Bonchev–Trinajstić information content (AvgIpc) is 2.36. The molecule has 0 bridgehead atoms. The maximum absolute atomic E-state index is 10.1. The van der Waals surface area contributed by atoms with Crippen LogP contribution in [0.3, 0.4) is 0 Å². The summed E-state index contributed by atoms with van der Waals surface area (Å²) < 4.78 is 5.61. The quantitative estimate of drug-likeness (QED) is 0.867. The molecule has 0 unspecified atom stereocenters. The fourth-order valence-electron chi connectivity index (χ4n) is 2.58. The number of phenolic OH excluding ortho intramolecular Hbond substituents is 1. The van der Waals surface area contributed by atoms with Gasteiger partial charge in [-0.05, 0) is 16.8 Å². The van der Waals surface area contributed by atoms with Crippen molar-refractivity contribution >= 4 is 10.8 Å². The number of aromatic hydroxyl groups is 1. The van der Waals surface area contributed by atoms with Crippen molar-refractivity contribution in [2.45, 2.75) is 12.0 Å². The highest BCUT2D eigenvalue weighted by molar-refractivity contribution is 5.87. The molecule has 2 aromatic rings. The van der Waals surface area contributed by atoms with E-state index in [1.807, 2.05) is 18.2 Å². The van der Waals surface area contributed by atoms with Crippen LogP contribution in [0.5, 0.6) is 5.75 Å². The molecule has 3 heteroatoms. The molecule has 2 aromatic carbocycles. The molecule has 1 fully saturated rings. The minimum absolute atomic E-state index is 0.165. The summed E-state index contributed by atoms with van der Waals surface area (Å²) in [7, 11) is 1.74. The van der Waals surface area contributed by atoms with Gasteiger partial charge in [0, 0.05) is 32.2 Å². The lowest BCUT2D eigenvalue weighted by atomic mass is 9.86. The van der Waals surface area contributed by atoms with E-state index >= 15 is 0 Å². The molecular weight excluding hydrogens is 226 g/mol. The molecule has 94 valence electrons. The molecule has 3 rings (SSSR count). The molecular formula is C15H17NO2. The van der Waals surface area contributed by atoms with Crippen LogP contribution in [0.15, 0.2) is 36.4 Å². The molecule has 0 spiro atoms. The number of phenols is 1. The van der Waals surface area contributed by atoms with Gasteiger partial charge in [-0.15, -0.1) is 0 Å². The molecule has 1 aliphatic heterocycles. The zero-order valence-electron chi connectivity index (χ0n) is 10.4. The van der Waals surface area contributed by atoms with Gasteiger partial charge < -0.3 is 15.2 Å². The van der Waals surface area contributed by atoms with Crippen LogP contribution in [0, 0.1) is 0 Å². The lowest BCUT2D eigenvalue weighted by molar-refractivity contribution is -0.0502. The maximum Gasteiger partial charge on any atom is 0.119 e. The van der Waals surface area contributed by atoms with Crippen LogP contribution in [-0.4, -0.2) is 30.9 Å². The standard InChI is InChI=1S/C15H17NO2/c1-18-15(9-16-10-15)8-13-12-5-3-2-4-11(12)6-7-14(13)17/h2-7,16-17H,8-10H2,1H3. The van der Waals surface area contributed by atoms with E-state index in [0.29, 0.717) is 5.75 Å². The highest BCUT2D eigenvalue weighted by Crippen LogP contribution is 2.32. The number of hydrogen-bond donors (Lipinski definition) is 2. The summed E-state index contributed by atoms with van der Waals surface area (Å²) in [5.41, 5.74) is 0.818. The zero-order valence-corrected chi connectivity index (χ0v) is 10.4.